The summed E-state index contributed by atoms with van der Waals surface area (Å²) in [6.07, 6.45) is 14.1. The van der Waals surface area contributed by atoms with Gasteiger partial charge >= 0.3 is 0 Å². The number of allylic oxidation sites excluding steroid dienone is 1. The molecule has 5 aliphatic carbocycles. The Kier molecular flexibility index (Phi) is 5.65. The summed E-state index contributed by atoms with van der Waals surface area (Å²) in [6, 6.07) is 0. The van der Waals surface area contributed by atoms with Gasteiger partial charge in [0.1, 0.15) is 0 Å². The number of hydrogen-bond acceptors (Lipinski definition) is 2. The van der Waals surface area contributed by atoms with Gasteiger partial charge in [-0.2, -0.15) is 0 Å². The molecule has 0 bridgehead atoms. The van der Waals surface area contributed by atoms with E-state index in [1.165, 1.54) is 44.9 Å². The van der Waals surface area contributed by atoms with Crippen molar-refractivity contribution in [1.82, 2.24) is 0 Å². The maximum Gasteiger partial charge on any atom is 0.0797 e. The molecule has 5 aliphatic rings. The zero-order valence-electron chi connectivity index (χ0n) is 23.9. The fourth-order valence-corrected chi connectivity index (χ4v) is 10.9. The Morgan fingerprint density at radius 2 is 1.56 bits per heavy atom. The molecule has 2 heteroatoms. The molecule has 0 aromatic heterocycles. The zero-order valence-corrected chi connectivity index (χ0v) is 23.9. The van der Waals surface area contributed by atoms with E-state index in [1.54, 1.807) is 5.57 Å². The molecule has 0 aromatic carbocycles. The molecule has 2 nitrogen and oxygen atoms in total. The summed E-state index contributed by atoms with van der Waals surface area (Å²) in [7, 11) is 0. The van der Waals surface area contributed by atoms with Gasteiger partial charge < -0.3 is 9.84 Å². The number of ether oxygens (including phenoxy) is 1. The van der Waals surface area contributed by atoms with Gasteiger partial charge in [-0.3, -0.25) is 0 Å². The topological polar surface area (TPSA) is 29.5 Å². The molecule has 0 aliphatic heterocycles. The van der Waals surface area contributed by atoms with Crippen LogP contribution in [0.4, 0.5) is 0 Å². The maximum absolute atomic E-state index is 11.0. The van der Waals surface area contributed by atoms with Gasteiger partial charge in [0.25, 0.3) is 0 Å². The summed E-state index contributed by atoms with van der Waals surface area (Å²) in [6.45, 7) is 23.2. The van der Waals surface area contributed by atoms with E-state index >= 15 is 0 Å². The predicted octanol–water partition coefficient (Wildman–Crippen LogP) is 8.18. The van der Waals surface area contributed by atoms with Crippen LogP contribution in [0.3, 0.4) is 0 Å². The molecule has 0 heterocycles. The van der Waals surface area contributed by atoms with Crippen LogP contribution in [-0.4, -0.2) is 23.9 Å². The van der Waals surface area contributed by atoms with Crippen LogP contribution in [0, 0.1) is 50.2 Å². The van der Waals surface area contributed by atoms with Crippen LogP contribution in [0.1, 0.15) is 120 Å². The van der Waals surface area contributed by atoms with Crippen LogP contribution in [0.5, 0.6) is 0 Å². The molecule has 34 heavy (non-hydrogen) atoms. The Balaban J connectivity index is 1.66. The first-order chi connectivity index (χ1) is 15.6. The summed E-state index contributed by atoms with van der Waals surface area (Å²) in [4.78, 5) is 0. The summed E-state index contributed by atoms with van der Waals surface area (Å²) in [5.74, 6) is 1.79. The van der Waals surface area contributed by atoms with Crippen molar-refractivity contribution < 1.29 is 9.84 Å². The number of aliphatic hydroxyl groups excluding tert-OH is 1. The van der Waals surface area contributed by atoms with E-state index in [4.69, 9.17) is 4.74 Å². The minimum absolute atomic E-state index is 0.0193. The highest BCUT2D eigenvalue weighted by Crippen LogP contribution is 2.75. The molecular weight excluding hydrogens is 416 g/mol. The first-order valence-electron chi connectivity index (χ1n) is 14.7. The van der Waals surface area contributed by atoms with Gasteiger partial charge in [0.2, 0.25) is 0 Å². The highest BCUT2D eigenvalue weighted by atomic mass is 16.5. The van der Waals surface area contributed by atoms with Crippen LogP contribution >= 0.6 is 0 Å². The lowest BCUT2D eigenvalue weighted by molar-refractivity contribution is -0.230. The standard InChI is InChI=1S/C32H54O2/c1-10-34-23-19-21-22-20-27(2,3)15-16-29(22,6)17-18-31(21,8)32(9)14-11-24-28(4,5)25(33)12-13-30(24,7)26(23)32/h19,22-26,33H,10-18,20H2,1-9H3/t22-,23+,24-,25-,26+,29+,30-,31+,32+/m0/s1. The van der Waals surface area contributed by atoms with Crippen molar-refractivity contribution in [3.8, 4) is 0 Å². The van der Waals surface area contributed by atoms with Gasteiger partial charge in [-0.15, -0.1) is 0 Å². The van der Waals surface area contributed by atoms with E-state index in [0.717, 1.165) is 19.4 Å². The minimum Gasteiger partial charge on any atom is -0.393 e. The smallest absolute Gasteiger partial charge is 0.0797 e. The lowest BCUT2D eigenvalue weighted by Gasteiger charge is -2.72. The Labute approximate surface area is 210 Å². The molecule has 0 radical (unpaired) electrons. The minimum atomic E-state index is -0.175. The van der Waals surface area contributed by atoms with E-state index in [1.807, 2.05) is 0 Å². The van der Waals surface area contributed by atoms with Gasteiger partial charge in [-0.1, -0.05) is 67.0 Å². The molecule has 5 rings (SSSR count). The van der Waals surface area contributed by atoms with Crippen molar-refractivity contribution in [3.63, 3.8) is 0 Å². The SMILES string of the molecule is CCO[C@@H]1C=C2[C@@H]3CC(C)(C)CC[C@]3(C)CC[C@@]2(C)[C@]2(C)CC[C@H]3C(C)(C)[C@@H](O)CC[C@]3(C)[C@@H]12. The largest absolute Gasteiger partial charge is 0.393 e. The number of aliphatic hydroxyl groups is 1. The number of rotatable bonds is 2. The van der Waals surface area contributed by atoms with Gasteiger partial charge in [-0.25, -0.2) is 0 Å². The van der Waals surface area contributed by atoms with Crippen molar-refractivity contribution >= 4 is 0 Å². The number of fused-ring (bicyclic) bond motifs is 7. The van der Waals surface area contributed by atoms with E-state index in [0.29, 0.717) is 28.6 Å². The molecule has 0 saturated heterocycles. The number of hydrogen-bond donors (Lipinski definition) is 1. The van der Waals surface area contributed by atoms with E-state index in [2.05, 4.69) is 68.4 Å². The summed E-state index contributed by atoms with van der Waals surface area (Å²) >= 11 is 0. The second kappa shape index (κ2) is 7.59. The summed E-state index contributed by atoms with van der Waals surface area (Å²) in [5.41, 5.74) is 3.39. The molecular formula is C32H54O2. The van der Waals surface area contributed by atoms with Gasteiger partial charge in [0, 0.05) is 12.5 Å². The third kappa shape index (κ3) is 3.19. The maximum atomic E-state index is 11.0. The van der Waals surface area contributed by atoms with E-state index in [-0.39, 0.29) is 33.9 Å². The van der Waals surface area contributed by atoms with Crippen molar-refractivity contribution in [1.29, 1.82) is 0 Å². The zero-order chi connectivity index (χ0) is 24.9. The van der Waals surface area contributed by atoms with Gasteiger partial charge in [0.05, 0.1) is 12.2 Å². The normalized spacial score (nSPS) is 53.6. The molecule has 4 fully saturated rings. The van der Waals surface area contributed by atoms with Crippen LogP contribution in [0.25, 0.3) is 0 Å². The quantitative estimate of drug-likeness (QED) is 0.412. The van der Waals surface area contributed by atoms with Crippen LogP contribution in [0.15, 0.2) is 11.6 Å². The lowest BCUT2D eigenvalue weighted by atomic mass is 9.33. The lowest BCUT2D eigenvalue weighted by Crippen LogP contribution is -2.67. The fraction of sp³-hybridized carbons (Fsp3) is 0.938. The van der Waals surface area contributed by atoms with Gasteiger partial charge in [-0.05, 0) is 109 Å². The molecule has 0 spiro atoms. The van der Waals surface area contributed by atoms with Crippen LogP contribution < -0.4 is 0 Å². The molecule has 0 aromatic rings. The van der Waals surface area contributed by atoms with Crippen molar-refractivity contribution in [2.24, 2.45) is 50.2 Å². The second-order valence-corrected chi connectivity index (χ2v) is 15.8. The predicted molar refractivity (Wildman–Crippen MR) is 142 cm³/mol. The average Bonchev–Trinajstić information content (AvgIpc) is 2.74. The van der Waals surface area contributed by atoms with Crippen molar-refractivity contribution in [2.75, 3.05) is 6.61 Å². The van der Waals surface area contributed by atoms with Gasteiger partial charge in [0.15, 0.2) is 0 Å². The summed E-state index contributed by atoms with van der Waals surface area (Å²) in [5, 5.41) is 11.0. The second-order valence-electron chi connectivity index (χ2n) is 15.8. The molecule has 0 amide bonds. The third-order valence-electron chi connectivity index (χ3n) is 13.3. The molecule has 9 atom stereocenters. The van der Waals surface area contributed by atoms with E-state index in [9.17, 15) is 5.11 Å². The Hall–Kier alpha value is -0.340. The fourth-order valence-electron chi connectivity index (χ4n) is 10.9. The molecule has 4 saturated carbocycles. The highest BCUT2D eigenvalue weighted by Gasteiger charge is 2.69. The van der Waals surface area contributed by atoms with Crippen molar-refractivity contribution in [3.05, 3.63) is 11.6 Å². The monoisotopic (exact) mass is 470 g/mol. The molecule has 1 N–H and O–H groups in total. The van der Waals surface area contributed by atoms with Crippen LogP contribution in [0.2, 0.25) is 0 Å². The van der Waals surface area contributed by atoms with Crippen LogP contribution in [-0.2, 0) is 4.74 Å². The average molecular weight is 471 g/mol. The Morgan fingerprint density at radius 3 is 2.24 bits per heavy atom. The third-order valence-corrected chi connectivity index (χ3v) is 13.3. The Morgan fingerprint density at radius 1 is 0.882 bits per heavy atom. The van der Waals surface area contributed by atoms with Crippen molar-refractivity contribution in [2.45, 2.75) is 132 Å². The molecule has 0 unspecified atom stereocenters. The first kappa shape index (κ1) is 25.3. The molecule has 194 valence electrons. The Bertz CT molecular complexity index is 855. The first-order valence-corrected chi connectivity index (χ1v) is 14.7. The van der Waals surface area contributed by atoms with E-state index < -0.39 is 0 Å². The summed E-state index contributed by atoms with van der Waals surface area (Å²) < 4.78 is 6.75. The highest BCUT2D eigenvalue weighted by molar-refractivity contribution is 5.35.